The number of aliphatic carboxylic acids is 1. The van der Waals surface area contributed by atoms with Crippen LogP contribution in [0.3, 0.4) is 0 Å². The maximum atomic E-state index is 12.0. The van der Waals surface area contributed by atoms with E-state index in [-0.39, 0.29) is 25.3 Å². The number of carbonyl (C=O) groups excluding carboxylic acids is 1. The summed E-state index contributed by atoms with van der Waals surface area (Å²) in [5, 5.41) is 11.8. The van der Waals surface area contributed by atoms with Crippen LogP contribution in [0.25, 0.3) is 10.6 Å². The standard InChI is InChI=1S/C15H15ClN2O3S/c1-18(7-6-14(20)21)13(19)8-10-9-22-15(17-10)11-4-2-3-5-12(11)16/h2-5,9H,6-8H2,1H3,(H,20,21). The van der Waals surface area contributed by atoms with Gasteiger partial charge in [-0.15, -0.1) is 11.3 Å². The van der Waals surface area contributed by atoms with Gasteiger partial charge in [0.05, 0.1) is 23.6 Å². The number of carbonyl (C=O) groups is 2. The summed E-state index contributed by atoms with van der Waals surface area (Å²) >= 11 is 7.56. The fraction of sp³-hybridized carbons (Fsp3) is 0.267. The number of aromatic nitrogens is 1. The van der Waals surface area contributed by atoms with E-state index in [2.05, 4.69) is 4.98 Å². The number of likely N-dealkylation sites (N-methyl/N-ethyl adjacent to an activating group) is 1. The van der Waals surface area contributed by atoms with E-state index >= 15 is 0 Å². The van der Waals surface area contributed by atoms with E-state index in [1.165, 1.54) is 16.2 Å². The minimum atomic E-state index is -0.922. The van der Waals surface area contributed by atoms with E-state index in [4.69, 9.17) is 16.7 Å². The van der Waals surface area contributed by atoms with Crippen molar-refractivity contribution in [2.45, 2.75) is 12.8 Å². The molecule has 22 heavy (non-hydrogen) atoms. The highest BCUT2D eigenvalue weighted by Gasteiger charge is 2.14. The molecular weight excluding hydrogens is 324 g/mol. The maximum absolute atomic E-state index is 12.0. The smallest absolute Gasteiger partial charge is 0.305 e. The van der Waals surface area contributed by atoms with Crippen LogP contribution in [0.1, 0.15) is 12.1 Å². The van der Waals surface area contributed by atoms with Gasteiger partial charge in [-0.2, -0.15) is 0 Å². The normalized spacial score (nSPS) is 10.5. The summed E-state index contributed by atoms with van der Waals surface area (Å²) in [5.74, 6) is -1.08. The summed E-state index contributed by atoms with van der Waals surface area (Å²) in [6.07, 6.45) is 0.0846. The molecule has 7 heteroatoms. The molecule has 2 rings (SSSR count). The van der Waals surface area contributed by atoms with Gasteiger partial charge in [-0.25, -0.2) is 4.98 Å². The van der Waals surface area contributed by atoms with Crippen molar-refractivity contribution < 1.29 is 14.7 Å². The fourth-order valence-electron chi connectivity index (χ4n) is 1.82. The lowest BCUT2D eigenvalue weighted by atomic mass is 10.2. The quantitative estimate of drug-likeness (QED) is 0.879. The lowest BCUT2D eigenvalue weighted by molar-refractivity contribution is -0.138. The van der Waals surface area contributed by atoms with Crippen molar-refractivity contribution in [1.82, 2.24) is 9.88 Å². The first-order valence-electron chi connectivity index (χ1n) is 6.62. The molecule has 1 aromatic heterocycles. The number of rotatable bonds is 6. The van der Waals surface area contributed by atoms with Crippen LogP contribution < -0.4 is 0 Å². The van der Waals surface area contributed by atoms with E-state index in [1.54, 1.807) is 13.1 Å². The molecule has 0 fully saturated rings. The molecule has 0 saturated carbocycles. The van der Waals surface area contributed by atoms with Crippen LogP contribution in [0.5, 0.6) is 0 Å². The first-order chi connectivity index (χ1) is 10.5. The summed E-state index contributed by atoms with van der Waals surface area (Å²) in [5.41, 5.74) is 1.50. The second kappa shape index (κ2) is 7.38. The van der Waals surface area contributed by atoms with Crippen LogP contribution >= 0.6 is 22.9 Å². The number of halogens is 1. The Balaban J connectivity index is 2.02. The van der Waals surface area contributed by atoms with Crippen molar-refractivity contribution in [3.8, 4) is 10.6 Å². The van der Waals surface area contributed by atoms with Crippen molar-refractivity contribution >= 4 is 34.8 Å². The highest BCUT2D eigenvalue weighted by molar-refractivity contribution is 7.13. The van der Waals surface area contributed by atoms with E-state index in [9.17, 15) is 9.59 Å². The molecule has 116 valence electrons. The Bertz CT molecular complexity index is 687. The van der Waals surface area contributed by atoms with Crippen molar-refractivity contribution in [2.75, 3.05) is 13.6 Å². The van der Waals surface area contributed by atoms with E-state index < -0.39 is 5.97 Å². The molecule has 2 aromatic rings. The van der Waals surface area contributed by atoms with Crippen molar-refractivity contribution in [2.24, 2.45) is 0 Å². The molecule has 1 amide bonds. The minimum absolute atomic E-state index is 0.0653. The predicted molar refractivity (Wildman–Crippen MR) is 86.2 cm³/mol. The SMILES string of the molecule is CN(CCC(=O)O)C(=O)Cc1csc(-c2ccccc2Cl)n1. The van der Waals surface area contributed by atoms with Gasteiger partial charge in [0.15, 0.2) is 0 Å². The molecule has 0 saturated heterocycles. The monoisotopic (exact) mass is 338 g/mol. The van der Waals surface area contributed by atoms with Gasteiger partial charge in [-0.1, -0.05) is 29.8 Å². The minimum Gasteiger partial charge on any atom is -0.481 e. The van der Waals surface area contributed by atoms with Crippen LogP contribution in [0, 0.1) is 0 Å². The number of nitrogens with zero attached hydrogens (tertiary/aromatic N) is 2. The lowest BCUT2D eigenvalue weighted by Crippen LogP contribution is -2.30. The number of carboxylic acids is 1. The van der Waals surface area contributed by atoms with Gasteiger partial charge in [-0.3, -0.25) is 9.59 Å². The van der Waals surface area contributed by atoms with Crippen molar-refractivity contribution in [3.63, 3.8) is 0 Å². The summed E-state index contributed by atoms with van der Waals surface area (Å²) in [4.78, 5) is 28.4. The molecular formula is C15H15ClN2O3S. The summed E-state index contributed by atoms with van der Waals surface area (Å²) in [6, 6.07) is 7.41. The zero-order valence-electron chi connectivity index (χ0n) is 12.0. The van der Waals surface area contributed by atoms with E-state index in [1.807, 2.05) is 23.6 Å². The summed E-state index contributed by atoms with van der Waals surface area (Å²) in [7, 11) is 1.59. The van der Waals surface area contributed by atoms with Gasteiger partial charge in [0.1, 0.15) is 5.01 Å². The number of carboxylic acid groups (broad SMARTS) is 1. The van der Waals surface area contributed by atoms with E-state index in [0.29, 0.717) is 10.7 Å². The molecule has 0 aliphatic heterocycles. The molecule has 0 unspecified atom stereocenters. The number of hydrogen-bond acceptors (Lipinski definition) is 4. The van der Waals surface area contributed by atoms with Crippen LogP contribution in [-0.4, -0.2) is 40.5 Å². The Morgan fingerprint density at radius 2 is 2.09 bits per heavy atom. The first-order valence-corrected chi connectivity index (χ1v) is 7.88. The second-order valence-electron chi connectivity index (χ2n) is 4.76. The van der Waals surface area contributed by atoms with Gasteiger partial charge in [0.25, 0.3) is 0 Å². The molecule has 0 spiro atoms. The predicted octanol–water partition coefficient (Wildman–Crippen LogP) is 2.94. The van der Waals surface area contributed by atoms with Gasteiger partial charge in [-0.05, 0) is 6.07 Å². The van der Waals surface area contributed by atoms with Crippen LogP contribution in [0.4, 0.5) is 0 Å². The Morgan fingerprint density at radius 1 is 1.36 bits per heavy atom. The van der Waals surface area contributed by atoms with Crippen LogP contribution in [0.15, 0.2) is 29.6 Å². The van der Waals surface area contributed by atoms with Crippen LogP contribution in [0.2, 0.25) is 5.02 Å². The number of benzene rings is 1. The molecule has 0 radical (unpaired) electrons. The first kappa shape index (κ1) is 16.5. The molecule has 1 heterocycles. The van der Waals surface area contributed by atoms with Gasteiger partial charge >= 0.3 is 5.97 Å². The second-order valence-corrected chi connectivity index (χ2v) is 6.02. The Kier molecular flexibility index (Phi) is 5.51. The molecule has 0 aliphatic rings. The molecule has 1 N–H and O–H groups in total. The highest BCUT2D eigenvalue weighted by atomic mass is 35.5. The largest absolute Gasteiger partial charge is 0.481 e. The average Bonchev–Trinajstić information content (AvgIpc) is 2.93. The van der Waals surface area contributed by atoms with Crippen molar-refractivity contribution in [1.29, 1.82) is 0 Å². The fourth-order valence-corrected chi connectivity index (χ4v) is 2.96. The third kappa shape index (κ3) is 4.29. The lowest BCUT2D eigenvalue weighted by Gasteiger charge is -2.15. The molecule has 0 bridgehead atoms. The molecule has 0 aliphatic carbocycles. The Labute approximate surface area is 137 Å². The topological polar surface area (TPSA) is 70.5 Å². The molecule has 5 nitrogen and oxygen atoms in total. The molecule has 1 aromatic carbocycles. The van der Waals surface area contributed by atoms with Crippen LogP contribution in [-0.2, 0) is 16.0 Å². The number of hydrogen-bond donors (Lipinski definition) is 1. The van der Waals surface area contributed by atoms with Gasteiger partial charge in [0, 0.05) is 24.5 Å². The summed E-state index contributed by atoms with van der Waals surface area (Å²) < 4.78 is 0. The highest BCUT2D eigenvalue weighted by Crippen LogP contribution is 2.30. The van der Waals surface area contributed by atoms with Gasteiger partial charge < -0.3 is 10.0 Å². The van der Waals surface area contributed by atoms with Gasteiger partial charge in [0.2, 0.25) is 5.91 Å². The average molecular weight is 339 g/mol. The zero-order valence-corrected chi connectivity index (χ0v) is 13.5. The number of amides is 1. The maximum Gasteiger partial charge on any atom is 0.305 e. The van der Waals surface area contributed by atoms with Crippen molar-refractivity contribution in [3.05, 3.63) is 40.4 Å². The Morgan fingerprint density at radius 3 is 2.77 bits per heavy atom. The zero-order chi connectivity index (χ0) is 16.1. The summed E-state index contributed by atoms with van der Waals surface area (Å²) in [6.45, 7) is 0.190. The third-order valence-corrected chi connectivity index (χ3v) is 4.33. The molecule has 0 atom stereocenters. The van der Waals surface area contributed by atoms with E-state index in [0.717, 1.165) is 10.6 Å². The number of thiazole rings is 1. The Hall–Kier alpha value is -1.92. The third-order valence-electron chi connectivity index (χ3n) is 3.08.